The first-order valence-electron chi connectivity index (χ1n) is 7.45. The largest absolute Gasteiger partial charge is 0.504 e. The van der Waals surface area contributed by atoms with E-state index >= 15 is 0 Å². The van der Waals surface area contributed by atoms with Crippen LogP contribution in [0.25, 0.3) is 0 Å². The number of carbonyl (C=O) groups excluding carboxylic acids is 1. The van der Waals surface area contributed by atoms with Gasteiger partial charge in [-0.1, -0.05) is 45.4 Å². The van der Waals surface area contributed by atoms with E-state index in [1.54, 1.807) is 0 Å². The molecule has 0 saturated heterocycles. The highest BCUT2D eigenvalue weighted by Crippen LogP contribution is 2.25. The van der Waals surface area contributed by atoms with Crippen molar-refractivity contribution in [1.29, 1.82) is 0 Å². The van der Waals surface area contributed by atoms with Crippen LogP contribution >= 0.6 is 7.82 Å². The normalized spacial score (nSPS) is 12.0. The van der Waals surface area contributed by atoms with Crippen LogP contribution in [0.15, 0.2) is 11.3 Å². The fraction of sp³-hybridized carbons (Fsp3) is 0.714. The summed E-state index contributed by atoms with van der Waals surface area (Å²) in [5, 5.41) is 18.0. The molecular formula is C14H27O8P. The maximum atomic E-state index is 11.5. The predicted octanol–water partition coefficient (Wildman–Crippen LogP) is 2.68. The number of carboxylic acid groups (broad SMARTS) is 1. The second-order valence-corrected chi connectivity index (χ2v) is 6.11. The number of allylic oxidation sites excluding steroid dienone is 1. The van der Waals surface area contributed by atoms with Crippen LogP contribution in [0.4, 0.5) is 0 Å². The van der Waals surface area contributed by atoms with Crippen LogP contribution in [-0.2, 0) is 14.2 Å². The highest BCUT2D eigenvalue weighted by atomic mass is 31.2. The van der Waals surface area contributed by atoms with Gasteiger partial charge < -0.3 is 24.9 Å². The molecule has 0 amide bonds. The Morgan fingerprint density at radius 2 is 1.26 bits per heavy atom. The van der Waals surface area contributed by atoms with Gasteiger partial charge in [-0.3, -0.25) is 4.79 Å². The molecule has 0 fully saturated rings. The summed E-state index contributed by atoms with van der Waals surface area (Å²) in [4.78, 5) is 43.6. The molecule has 0 aromatic rings. The van der Waals surface area contributed by atoms with Crippen molar-refractivity contribution in [3.63, 3.8) is 0 Å². The molecule has 9 heteroatoms. The molecule has 0 bridgehead atoms. The Morgan fingerprint density at radius 1 is 0.870 bits per heavy atom. The van der Waals surface area contributed by atoms with Crippen molar-refractivity contribution in [1.82, 2.24) is 0 Å². The first-order chi connectivity index (χ1) is 10.5. The molecular weight excluding hydrogens is 327 g/mol. The average molecular weight is 354 g/mol. The molecule has 0 atom stereocenters. The molecule has 0 aliphatic heterocycles. The van der Waals surface area contributed by atoms with Crippen LogP contribution in [0.2, 0.25) is 0 Å². The highest BCUT2D eigenvalue weighted by molar-refractivity contribution is 7.45. The number of hydrogen-bond acceptors (Lipinski definition) is 4. The van der Waals surface area contributed by atoms with Gasteiger partial charge in [-0.2, -0.15) is 0 Å². The van der Waals surface area contributed by atoms with Crippen LogP contribution in [0.1, 0.15) is 65.2 Å². The minimum Gasteiger partial charge on any atom is -0.504 e. The molecule has 8 nitrogen and oxygen atoms in total. The first kappa shape index (κ1) is 24.0. The topological polar surface area (TPSA) is 152 Å². The van der Waals surface area contributed by atoms with Gasteiger partial charge >= 0.3 is 13.8 Å². The van der Waals surface area contributed by atoms with Crippen molar-refractivity contribution in [2.75, 3.05) is 0 Å². The zero-order chi connectivity index (χ0) is 18.5. The summed E-state index contributed by atoms with van der Waals surface area (Å²) < 4.78 is 8.88. The van der Waals surface area contributed by atoms with Crippen molar-refractivity contribution in [2.24, 2.45) is 0 Å². The Balaban J connectivity index is 0. The van der Waals surface area contributed by atoms with Gasteiger partial charge in [0.2, 0.25) is 0 Å². The Hall–Kier alpha value is -1.21. The van der Waals surface area contributed by atoms with Crippen LogP contribution in [0.3, 0.4) is 0 Å². The molecule has 0 unspecified atom stereocenters. The standard InChI is InChI=1S/C14H24O4.H3O4P/c1-3-4-5-6-7-8-9-10-12(15)13(16)11(2)14(17)18;1-5(2,3)4/h16H,3-10H2,1-2H3,(H,17,18);(H3,1,2,3,4)/b13-11-;. The number of aliphatic carboxylic acids is 1. The summed E-state index contributed by atoms with van der Waals surface area (Å²) in [5.74, 6) is -2.32. The Bertz CT molecular complexity index is 430. The second kappa shape index (κ2) is 13.2. The molecule has 0 aliphatic carbocycles. The maximum absolute atomic E-state index is 11.5. The Kier molecular flexibility index (Phi) is 13.9. The smallest absolute Gasteiger partial charge is 0.466 e. The van der Waals surface area contributed by atoms with Crippen molar-refractivity contribution >= 4 is 19.6 Å². The number of phosphoric acid groups is 1. The van der Waals surface area contributed by atoms with Crippen LogP contribution in [0.5, 0.6) is 0 Å². The molecule has 0 aromatic heterocycles. The predicted molar refractivity (Wildman–Crippen MR) is 84.8 cm³/mol. The third kappa shape index (κ3) is 18.7. The lowest BCUT2D eigenvalue weighted by molar-refractivity contribution is -0.133. The molecule has 0 aromatic carbocycles. The van der Waals surface area contributed by atoms with Crippen LogP contribution < -0.4 is 0 Å². The summed E-state index contributed by atoms with van der Waals surface area (Å²) in [5.41, 5.74) is -0.275. The van der Waals surface area contributed by atoms with E-state index in [1.807, 2.05) is 0 Å². The third-order valence-electron chi connectivity index (χ3n) is 2.95. The first-order valence-corrected chi connectivity index (χ1v) is 9.01. The summed E-state index contributed by atoms with van der Waals surface area (Å²) in [7, 11) is -4.64. The van der Waals surface area contributed by atoms with Gasteiger partial charge in [0, 0.05) is 6.42 Å². The van der Waals surface area contributed by atoms with E-state index < -0.39 is 25.3 Å². The van der Waals surface area contributed by atoms with E-state index in [9.17, 15) is 14.7 Å². The van der Waals surface area contributed by atoms with Gasteiger partial charge in [-0.15, -0.1) is 0 Å². The van der Waals surface area contributed by atoms with E-state index in [1.165, 1.54) is 32.6 Å². The molecule has 0 radical (unpaired) electrons. The Labute approximate surface area is 136 Å². The van der Waals surface area contributed by atoms with E-state index in [-0.39, 0.29) is 12.0 Å². The fourth-order valence-corrected chi connectivity index (χ4v) is 1.67. The molecule has 0 saturated carbocycles. The monoisotopic (exact) mass is 354 g/mol. The SMILES string of the molecule is CCCCCCCCCC(=O)/C(O)=C(\C)C(=O)O.O=P(O)(O)O. The number of hydrogen-bond donors (Lipinski definition) is 5. The van der Waals surface area contributed by atoms with Gasteiger partial charge in [-0.05, 0) is 13.3 Å². The summed E-state index contributed by atoms with van der Waals surface area (Å²) >= 11 is 0. The lowest BCUT2D eigenvalue weighted by Crippen LogP contribution is -2.09. The van der Waals surface area contributed by atoms with E-state index in [0.717, 1.165) is 12.8 Å². The lowest BCUT2D eigenvalue weighted by atomic mass is 10.0. The minimum atomic E-state index is -4.64. The summed E-state index contributed by atoms with van der Waals surface area (Å²) in [6, 6.07) is 0. The molecule has 0 aliphatic rings. The van der Waals surface area contributed by atoms with Gasteiger partial charge in [-0.25, -0.2) is 9.36 Å². The zero-order valence-electron chi connectivity index (χ0n) is 13.6. The highest BCUT2D eigenvalue weighted by Gasteiger charge is 2.15. The minimum absolute atomic E-state index is 0.226. The molecule has 0 heterocycles. The number of aliphatic hydroxyl groups excluding tert-OH is 1. The van der Waals surface area contributed by atoms with E-state index in [2.05, 4.69) is 6.92 Å². The van der Waals surface area contributed by atoms with Crippen LogP contribution in [0, 0.1) is 0 Å². The summed E-state index contributed by atoms with van der Waals surface area (Å²) in [6.07, 6.45) is 7.86. The zero-order valence-corrected chi connectivity index (χ0v) is 14.5. The van der Waals surface area contributed by atoms with Gasteiger partial charge in [0.25, 0.3) is 0 Å². The van der Waals surface area contributed by atoms with Gasteiger partial charge in [0.05, 0.1) is 5.57 Å². The van der Waals surface area contributed by atoms with Crippen molar-refractivity contribution < 1.29 is 39.0 Å². The molecule has 0 rings (SSSR count). The molecule has 5 N–H and O–H groups in total. The number of carboxylic acids is 1. The fourth-order valence-electron chi connectivity index (χ4n) is 1.67. The van der Waals surface area contributed by atoms with Gasteiger partial charge in [0.15, 0.2) is 11.5 Å². The number of unbranched alkanes of at least 4 members (excludes halogenated alkanes) is 6. The number of aliphatic hydroxyl groups is 1. The molecule has 0 spiro atoms. The second-order valence-electron chi connectivity index (χ2n) is 5.09. The molecule has 136 valence electrons. The van der Waals surface area contributed by atoms with E-state index in [4.69, 9.17) is 24.4 Å². The van der Waals surface area contributed by atoms with Crippen molar-refractivity contribution in [3.05, 3.63) is 11.3 Å². The number of carbonyl (C=O) groups is 2. The van der Waals surface area contributed by atoms with Crippen molar-refractivity contribution in [2.45, 2.75) is 65.2 Å². The van der Waals surface area contributed by atoms with Crippen LogP contribution in [-0.4, -0.2) is 36.6 Å². The number of Topliss-reactive ketones (excluding diaryl/α,β-unsaturated/α-hetero) is 1. The van der Waals surface area contributed by atoms with Crippen molar-refractivity contribution in [3.8, 4) is 0 Å². The lowest BCUT2D eigenvalue weighted by Gasteiger charge is -2.03. The number of ketones is 1. The average Bonchev–Trinajstić information content (AvgIpc) is 2.42. The third-order valence-corrected chi connectivity index (χ3v) is 2.95. The quantitative estimate of drug-likeness (QED) is 0.174. The Morgan fingerprint density at radius 3 is 1.65 bits per heavy atom. The summed E-state index contributed by atoms with van der Waals surface area (Å²) in [6.45, 7) is 3.40. The van der Waals surface area contributed by atoms with E-state index in [0.29, 0.717) is 6.42 Å². The number of rotatable bonds is 10. The maximum Gasteiger partial charge on any atom is 0.466 e. The molecule has 23 heavy (non-hydrogen) atoms. The van der Waals surface area contributed by atoms with Gasteiger partial charge in [0.1, 0.15) is 0 Å².